The fourth-order valence-corrected chi connectivity index (χ4v) is 6.35. The molecule has 6 rings (SSSR count). The summed E-state index contributed by atoms with van der Waals surface area (Å²) in [7, 11) is 1.62. The van der Waals surface area contributed by atoms with E-state index in [1.54, 1.807) is 12.0 Å². The molecule has 0 saturated carbocycles. The first kappa shape index (κ1) is 23.1. The quantitative estimate of drug-likeness (QED) is 0.563. The lowest BCUT2D eigenvalue weighted by Gasteiger charge is -2.51. The van der Waals surface area contributed by atoms with E-state index in [-0.39, 0.29) is 30.7 Å². The molecule has 36 heavy (non-hydrogen) atoms. The number of nitrogens with zero attached hydrogens (tertiary/aromatic N) is 1. The summed E-state index contributed by atoms with van der Waals surface area (Å²) in [5, 5.41) is 11.8. The molecule has 0 aromatic heterocycles. The Morgan fingerprint density at radius 3 is 2.22 bits per heavy atom. The number of hydrogen-bond acceptors (Lipinski definition) is 5. The zero-order valence-corrected chi connectivity index (χ0v) is 20.6. The second-order valence-electron chi connectivity index (χ2n) is 10.2. The summed E-state index contributed by atoms with van der Waals surface area (Å²) in [4.78, 5) is 15.2. The van der Waals surface area contributed by atoms with E-state index in [1.807, 2.05) is 49.4 Å². The molecule has 6 heteroatoms. The molecular formula is C30H31NO5. The molecule has 186 valence electrons. The topological polar surface area (TPSA) is 68.2 Å². The van der Waals surface area contributed by atoms with Gasteiger partial charge in [-0.15, -0.1) is 0 Å². The molecule has 2 heterocycles. The van der Waals surface area contributed by atoms with E-state index in [4.69, 9.17) is 14.2 Å². The Morgan fingerprint density at radius 1 is 1.00 bits per heavy atom. The summed E-state index contributed by atoms with van der Waals surface area (Å²) in [6, 6.07) is 22.0. The predicted molar refractivity (Wildman–Crippen MR) is 136 cm³/mol. The Balaban J connectivity index is 1.21. The maximum atomic E-state index is 13.4. The van der Waals surface area contributed by atoms with Gasteiger partial charge in [-0.3, -0.25) is 4.90 Å². The molecule has 2 bridgehead atoms. The van der Waals surface area contributed by atoms with Gasteiger partial charge in [0, 0.05) is 24.3 Å². The van der Waals surface area contributed by atoms with Crippen LogP contribution in [0.5, 0.6) is 5.75 Å². The molecule has 3 aromatic carbocycles. The minimum Gasteiger partial charge on any atom is -0.496 e. The largest absolute Gasteiger partial charge is 0.496 e. The van der Waals surface area contributed by atoms with Gasteiger partial charge < -0.3 is 19.3 Å². The van der Waals surface area contributed by atoms with E-state index in [2.05, 4.69) is 24.3 Å². The molecule has 6 nitrogen and oxygen atoms in total. The third-order valence-electron chi connectivity index (χ3n) is 7.96. The summed E-state index contributed by atoms with van der Waals surface area (Å²) >= 11 is 0. The number of rotatable bonds is 4. The van der Waals surface area contributed by atoms with Crippen molar-refractivity contribution >= 4 is 6.09 Å². The van der Waals surface area contributed by atoms with Crippen LogP contribution >= 0.6 is 0 Å². The molecule has 0 radical (unpaired) electrons. The fourth-order valence-electron chi connectivity index (χ4n) is 6.35. The van der Waals surface area contributed by atoms with E-state index in [0.717, 1.165) is 11.1 Å². The number of amides is 1. The molecule has 1 N–H and O–H groups in total. The summed E-state index contributed by atoms with van der Waals surface area (Å²) < 4.78 is 17.4. The summed E-state index contributed by atoms with van der Waals surface area (Å²) in [6.45, 7) is 3.02. The smallest absolute Gasteiger partial charge is 0.410 e. The van der Waals surface area contributed by atoms with Crippen LogP contribution in [0.2, 0.25) is 0 Å². The third-order valence-corrected chi connectivity index (χ3v) is 7.96. The Hall–Kier alpha value is -3.35. The van der Waals surface area contributed by atoms with Crippen molar-refractivity contribution < 1.29 is 24.1 Å². The van der Waals surface area contributed by atoms with Crippen LogP contribution in [0.25, 0.3) is 11.1 Å². The van der Waals surface area contributed by atoms with Crippen LogP contribution in [0.15, 0.2) is 66.7 Å². The lowest BCUT2D eigenvalue weighted by Crippen LogP contribution is -2.62. The molecule has 2 unspecified atom stereocenters. The van der Waals surface area contributed by atoms with E-state index in [9.17, 15) is 9.90 Å². The van der Waals surface area contributed by atoms with Crippen molar-refractivity contribution in [2.45, 2.75) is 43.4 Å². The van der Waals surface area contributed by atoms with Gasteiger partial charge in [0.25, 0.3) is 0 Å². The van der Waals surface area contributed by atoms with Gasteiger partial charge in [-0.05, 0) is 40.8 Å². The number of carbonyl (C=O) groups excluding carboxylic acids is 1. The van der Waals surface area contributed by atoms with Gasteiger partial charge >= 0.3 is 6.09 Å². The van der Waals surface area contributed by atoms with Gasteiger partial charge in [0.15, 0.2) is 0 Å². The first-order valence-corrected chi connectivity index (χ1v) is 12.6. The van der Waals surface area contributed by atoms with Gasteiger partial charge in [-0.25, -0.2) is 4.79 Å². The molecule has 1 amide bonds. The number of hydrogen-bond donors (Lipinski definition) is 1. The van der Waals surface area contributed by atoms with Crippen LogP contribution in [0.4, 0.5) is 4.79 Å². The predicted octanol–water partition coefficient (Wildman–Crippen LogP) is 5.00. The minimum atomic E-state index is -1.10. The van der Waals surface area contributed by atoms with Crippen LogP contribution in [-0.2, 0) is 15.1 Å². The van der Waals surface area contributed by atoms with Crippen molar-refractivity contribution in [2.24, 2.45) is 0 Å². The number of methoxy groups -OCH3 is 1. The van der Waals surface area contributed by atoms with Crippen molar-refractivity contribution in [3.63, 3.8) is 0 Å². The van der Waals surface area contributed by atoms with Gasteiger partial charge in [-0.1, -0.05) is 60.7 Å². The molecule has 2 aliphatic heterocycles. The number of piperidine rings is 1. The number of benzene rings is 3. The Labute approximate surface area is 211 Å². The summed E-state index contributed by atoms with van der Waals surface area (Å²) in [6.07, 6.45) is 0.397. The molecule has 2 saturated heterocycles. The highest BCUT2D eigenvalue weighted by Gasteiger charge is 2.50. The van der Waals surface area contributed by atoms with Gasteiger partial charge in [0.1, 0.15) is 12.4 Å². The van der Waals surface area contributed by atoms with Gasteiger partial charge in [0.2, 0.25) is 0 Å². The molecule has 3 aromatic rings. The molecule has 0 spiro atoms. The van der Waals surface area contributed by atoms with Crippen molar-refractivity contribution in [1.82, 2.24) is 4.90 Å². The average Bonchev–Trinajstić information content (AvgIpc) is 3.20. The minimum absolute atomic E-state index is 0.0102. The Morgan fingerprint density at radius 2 is 1.61 bits per heavy atom. The average molecular weight is 486 g/mol. The molecule has 2 atom stereocenters. The monoisotopic (exact) mass is 485 g/mol. The molecular weight excluding hydrogens is 454 g/mol. The number of carbonyl (C=O) groups is 1. The van der Waals surface area contributed by atoms with E-state index >= 15 is 0 Å². The second kappa shape index (κ2) is 8.95. The van der Waals surface area contributed by atoms with Crippen molar-refractivity contribution in [3.8, 4) is 16.9 Å². The summed E-state index contributed by atoms with van der Waals surface area (Å²) in [5.41, 5.74) is 5.52. The molecule has 2 fully saturated rings. The number of fused-ring (bicyclic) bond motifs is 5. The normalized spacial score (nSPS) is 24.7. The zero-order chi connectivity index (χ0) is 24.9. The van der Waals surface area contributed by atoms with E-state index in [0.29, 0.717) is 31.8 Å². The van der Waals surface area contributed by atoms with Crippen LogP contribution in [0, 0.1) is 6.92 Å². The van der Waals surface area contributed by atoms with Crippen molar-refractivity contribution in [1.29, 1.82) is 0 Å². The van der Waals surface area contributed by atoms with Crippen LogP contribution < -0.4 is 4.74 Å². The third kappa shape index (κ3) is 3.76. The second-order valence-corrected chi connectivity index (χ2v) is 10.2. The lowest BCUT2D eigenvalue weighted by atomic mass is 9.76. The van der Waals surface area contributed by atoms with E-state index < -0.39 is 5.60 Å². The highest BCUT2D eigenvalue weighted by Crippen LogP contribution is 2.46. The van der Waals surface area contributed by atoms with Crippen molar-refractivity contribution in [2.75, 3.05) is 26.9 Å². The summed E-state index contributed by atoms with van der Waals surface area (Å²) in [5.74, 6) is 0.682. The first-order chi connectivity index (χ1) is 17.5. The van der Waals surface area contributed by atoms with E-state index in [1.165, 1.54) is 22.3 Å². The number of aryl methyl sites for hydroxylation is 1. The fraction of sp³-hybridized carbons (Fsp3) is 0.367. The van der Waals surface area contributed by atoms with Crippen LogP contribution in [0.3, 0.4) is 0 Å². The Bertz CT molecular complexity index is 1240. The number of ether oxygens (including phenoxy) is 3. The number of morpholine rings is 1. The highest BCUT2D eigenvalue weighted by molar-refractivity contribution is 5.79. The maximum Gasteiger partial charge on any atom is 0.410 e. The van der Waals surface area contributed by atoms with Crippen LogP contribution in [0.1, 0.15) is 41.0 Å². The van der Waals surface area contributed by atoms with Crippen molar-refractivity contribution in [3.05, 3.63) is 89.0 Å². The highest BCUT2D eigenvalue weighted by atomic mass is 16.6. The lowest BCUT2D eigenvalue weighted by molar-refractivity contribution is -0.137. The van der Waals surface area contributed by atoms with Gasteiger partial charge in [-0.2, -0.15) is 0 Å². The Kier molecular flexibility index (Phi) is 5.73. The molecule has 3 aliphatic rings. The SMILES string of the molecule is COc1cc(C)ccc1C1(O)CC2COCC(C1)N2C(=O)OCC1c2ccccc2-c2ccccc21. The van der Waals surface area contributed by atoms with Crippen LogP contribution in [-0.4, -0.2) is 55.1 Å². The maximum absolute atomic E-state index is 13.4. The standard InChI is InChI=1S/C30H31NO5/c1-19-11-12-27(28(13-19)34-2)30(33)14-20-16-35-17-21(15-30)31(20)29(32)36-18-26-24-9-5-3-7-22(24)23-8-4-6-10-25(23)26/h3-13,20-21,26,33H,14-18H2,1-2H3. The number of aliphatic hydroxyl groups is 1. The zero-order valence-electron chi connectivity index (χ0n) is 20.6. The first-order valence-electron chi connectivity index (χ1n) is 12.6. The van der Waals surface area contributed by atoms with Gasteiger partial charge in [0.05, 0.1) is 38.0 Å². The molecule has 1 aliphatic carbocycles.